The van der Waals surface area contributed by atoms with Crippen LogP contribution in [0.25, 0.3) is 0 Å². The lowest BCUT2D eigenvalue weighted by molar-refractivity contribution is 0.249. The summed E-state index contributed by atoms with van der Waals surface area (Å²) >= 11 is 0. The maximum absolute atomic E-state index is 5.04. The van der Waals surface area contributed by atoms with Crippen molar-refractivity contribution >= 4 is 23.0 Å². The topological polar surface area (TPSA) is 32.3 Å². The van der Waals surface area contributed by atoms with Crippen molar-refractivity contribution in [1.29, 1.82) is 0 Å². The number of fused-ring (bicyclic) bond motifs is 5. The molecule has 2 aliphatic rings. The molecule has 188 valence electrons. The van der Waals surface area contributed by atoms with E-state index in [-0.39, 0.29) is 11.6 Å². The molecule has 0 radical (unpaired) electrons. The standard InChI is InChI=1S/C25H28N4.2C2H6.C2H4/c1-6-25(5)16(2)24-28(19-12-8-7-9-13-19)22-23(27-18(4)17(3)26-22)29(24)21-15-11-10-14-20(21)25;3*1-2/h7-16,24H,6H2,1-5H3;2*1-2H3;1-2H2. The zero-order valence-electron chi connectivity index (χ0n) is 23.3. The fourth-order valence-electron chi connectivity index (χ4n) is 5.09. The summed E-state index contributed by atoms with van der Waals surface area (Å²) in [5, 5.41) is 0. The van der Waals surface area contributed by atoms with Gasteiger partial charge in [-0.2, -0.15) is 0 Å². The lowest BCUT2D eigenvalue weighted by Gasteiger charge is -2.50. The van der Waals surface area contributed by atoms with E-state index in [4.69, 9.17) is 9.97 Å². The SMILES string of the molecule is C=C.CC.CC.CCC1(C)c2ccccc2N2c3nc(C)c(C)nc3N(c3ccccc3)C2C1C. The van der Waals surface area contributed by atoms with Gasteiger partial charge in [-0.05, 0) is 44.0 Å². The summed E-state index contributed by atoms with van der Waals surface area (Å²) in [4.78, 5) is 14.9. The molecule has 4 heteroatoms. The second-order valence-electron chi connectivity index (χ2n) is 8.61. The largest absolute Gasteiger partial charge is 0.302 e. The van der Waals surface area contributed by atoms with Gasteiger partial charge >= 0.3 is 0 Å². The van der Waals surface area contributed by atoms with Crippen molar-refractivity contribution in [3.05, 3.63) is 84.7 Å². The molecule has 3 unspecified atom stereocenters. The number of hydrogen-bond acceptors (Lipinski definition) is 4. The molecular formula is C31H44N4. The Morgan fingerprint density at radius 1 is 0.800 bits per heavy atom. The van der Waals surface area contributed by atoms with Crippen molar-refractivity contribution in [2.24, 2.45) is 5.92 Å². The Morgan fingerprint density at radius 2 is 1.29 bits per heavy atom. The zero-order valence-corrected chi connectivity index (χ0v) is 23.3. The molecule has 0 amide bonds. The van der Waals surface area contributed by atoms with E-state index in [1.807, 2.05) is 27.7 Å². The Bertz CT molecular complexity index is 1090. The fraction of sp³-hybridized carbons (Fsp3) is 0.419. The third kappa shape index (κ3) is 4.59. The van der Waals surface area contributed by atoms with E-state index in [1.54, 1.807) is 0 Å². The van der Waals surface area contributed by atoms with E-state index >= 15 is 0 Å². The van der Waals surface area contributed by atoms with Gasteiger partial charge in [0.15, 0.2) is 11.6 Å². The summed E-state index contributed by atoms with van der Waals surface area (Å²) < 4.78 is 0. The molecule has 0 saturated heterocycles. The van der Waals surface area contributed by atoms with Crippen LogP contribution in [0.2, 0.25) is 0 Å². The Kier molecular flexibility index (Phi) is 9.64. The van der Waals surface area contributed by atoms with Crippen LogP contribution in [0, 0.1) is 19.8 Å². The number of aryl methyl sites for hydroxylation is 2. The molecule has 3 heterocycles. The van der Waals surface area contributed by atoms with Gasteiger partial charge in [0.2, 0.25) is 0 Å². The van der Waals surface area contributed by atoms with Gasteiger partial charge in [-0.3, -0.25) is 0 Å². The van der Waals surface area contributed by atoms with Crippen molar-refractivity contribution in [2.45, 2.75) is 80.3 Å². The van der Waals surface area contributed by atoms with Gasteiger partial charge in [0.25, 0.3) is 0 Å². The van der Waals surface area contributed by atoms with Crippen LogP contribution in [0.1, 0.15) is 71.8 Å². The molecule has 0 saturated carbocycles. The Morgan fingerprint density at radius 3 is 1.83 bits per heavy atom. The van der Waals surface area contributed by atoms with E-state index in [2.05, 4.69) is 112 Å². The molecule has 2 aromatic carbocycles. The number of nitrogens with zero attached hydrogens (tertiary/aromatic N) is 4. The van der Waals surface area contributed by atoms with Crippen LogP contribution in [0.15, 0.2) is 67.8 Å². The number of benzene rings is 2. The van der Waals surface area contributed by atoms with Crippen LogP contribution in [0.3, 0.4) is 0 Å². The first-order valence-electron chi connectivity index (χ1n) is 13.1. The van der Waals surface area contributed by atoms with Gasteiger partial charge in [0.05, 0.1) is 11.4 Å². The number of rotatable bonds is 2. The van der Waals surface area contributed by atoms with Crippen LogP contribution in [-0.2, 0) is 5.41 Å². The molecule has 3 aromatic rings. The molecular weight excluding hydrogens is 428 g/mol. The monoisotopic (exact) mass is 472 g/mol. The van der Waals surface area contributed by atoms with Crippen molar-refractivity contribution in [3.63, 3.8) is 0 Å². The maximum atomic E-state index is 5.04. The molecule has 2 aliphatic heterocycles. The first-order chi connectivity index (χ1) is 17.0. The van der Waals surface area contributed by atoms with E-state index in [9.17, 15) is 0 Å². The summed E-state index contributed by atoms with van der Waals surface area (Å²) in [5.74, 6) is 2.32. The summed E-state index contributed by atoms with van der Waals surface area (Å²) in [6.45, 7) is 25.2. The van der Waals surface area contributed by atoms with Crippen LogP contribution >= 0.6 is 0 Å². The summed E-state index contributed by atoms with van der Waals surface area (Å²) in [5.41, 5.74) is 5.90. The molecule has 1 aromatic heterocycles. The molecule has 0 bridgehead atoms. The highest BCUT2D eigenvalue weighted by atomic mass is 15.5. The van der Waals surface area contributed by atoms with Crippen molar-refractivity contribution < 1.29 is 0 Å². The van der Waals surface area contributed by atoms with Crippen LogP contribution in [0.5, 0.6) is 0 Å². The van der Waals surface area contributed by atoms with Crippen LogP contribution in [-0.4, -0.2) is 16.1 Å². The Hall–Kier alpha value is -3.14. The summed E-state index contributed by atoms with van der Waals surface area (Å²) in [6, 6.07) is 19.5. The molecule has 0 spiro atoms. The normalized spacial score (nSPS) is 21.1. The summed E-state index contributed by atoms with van der Waals surface area (Å²) in [6.07, 6.45) is 1.24. The number of anilines is 4. The van der Waals surface area contributed by atoms with E-state index in [0.29, 0.717) is 5.92 Å². The molecule has 3 atom stereocenters. The molecule has 35 heavy (non-hydrogen) atoms. The van der Waals surface area contributed by atoms with Gasteiger partial charge < -0.3 is 9.80 Å². The van der Waals surface area contributed by atoms with E-state index in [0.717, 1.165) is 29.4 Å². The van der Waals surface area contributed by atoms with Crippen molar-refractivity contribution in [1.82, 2.24) is 9.97 Å². The first-order valence-corrected chi connectivity index (χ1v) is 13.1. The minimum absolute atomic E-state index is 0.0803. The third-order valence-electron chi connectivity index (χ3n) is 7.26. The first kappa shape index (κ1) is 28.1. The Labute approximate surface area is 213 Å². The predicted molar refractivity (Wildman–Crippen MR) is 153 cm³/mol. The molecule has 5 rings (SSSR count). The van der Waals surface area contributed by atoms with Crippen molar-refractivity contribution in [2.75, 3.05) is 9.80 Å². The highest BCUT2D eigenvalue weighted by Crippen LogP contribution is 2.57. The third-order valence-corrected chi connectivity index (χ3v) is 7.26. The minimum atomic E-state index is 0.0803. The minimum Gasteiger partial charge on any atom is -0.302 e. The second kappa shape index (κ2) is 12.0. The summed E-state index contributed by atoms with van der Waals surface area (Å²) in [7, 11) is 0. The number of aromatic nitrogens is 2. The molecule has 0 aliphatic carbocycles. The molecule has 0 N–H and O–H groups in total. The maximum Gasteiger partial charge on any atom is 0.178 e. The van der Waals surface area contributed by atoms with Gasteiger partial charge in [-0.15, -0.1) is 13.2 Å². The highest BCUT2D eigenvalue weighted by Gasteiger charge is 2.53. The highest BCUT2D eigenvalue weighted by molar-refractivity contribution is 5.86. The van der Waals surface area contributed by atoms with Crippen LogP contribution < -0.4 is 9.80 Å². The molecule has 4 nitrogen and oxygen atoms in total. The van der Waals surface area contributed by atoms with Gasteiger partial charge in [-0.25, -0.2) is 9.97 Å². The Balaban J connectivity index is 0.000000671. The van der Waals surface area contributed by atoms with Gasteiger partial charge in [-0.1, -0.05) is 84.9 Å². The lowest BCUT2D eigenvalue weighted by atomic mass is 9.66. The quantitative estimate of drug-likeness (QED) is 0.349. The zero-order chi connectivity index (χ0) is 26.3. The van der Waals surface area contributed by atoms with Crippen LogP contribution in [0.4, 0.5) is 23.0 Å². The molecule has 0 fully saturated rings. The lowest BCUT2D eigenvalue weighted by Crippen LogP contribution is -2.54. The number of hydrogen-bond donors (Lipinski definition) is 0. The average Bonchev–Trinajstić information content (AvgIpc) is 3.25. The van der Waals surface area contributed by atoms with Gasteiger partial charge in [0.1, 0.15) is 6.17 Å². The smallest absolute Gasteiger partial charge is 0.178 e. The average molecular weight is 473 g/mol. The second-order valence-corrected chi connectivity index (χ2v) is 8.61. The number of para-hydroxylation sites is 2. The van der Waals surface area contributed by atoms with Gasteiger partial charge in [0, 0.05) is 22.7 Å². The van der Waals surface area contributed by atoms with E-state index < -0.39 is 0 Å². The van der Waals surface area contributed by atoms with Crippen molar-refractivity contribution in [3.8, 4) is 0 Å². The fourth-order valence-corrected chi connectivity index (χ4v) is 5.09. The van der Waals surface area contributed by atoms with E-state index in [1.165, 1.54) is 16.9 Å². The predicted octanol–water partition coefficient (Wildman–Crippen LogP) is 8.88.